The summed E-state index contributed by atoms with van der Waals surface area (Å²) < 4.78 is 5.25. The summed E-state index contributed by atoms with van der Waals surface area (Å²) in [5.74, 6) is 0. The molecular formula is C9H19NO2. The Morgan fingerprint density at radius 1 is 1.25 bits per heavy atom. The first-order valence-corrected chi connectivity index (χ1v) is 4.74. The van der Waals surface area contributed by atoms with Crippen LogP contribution < -0.4 is 5.73 Å². The van der Waals surface area contributed by atoms with Gasteiger partial charge in [0.25, 0.3) is 0 Å². The molecule has 0 amide bonds. The van der Waals surface area contributed by atoms with Crippen molar-refractivity contribution in [3.8, 4) is 0 Å². The molecule has 1 fully saturated rings. The first kappa shape index (κ1) is 9.96. The maximum Gasteiger partial charge on any atom is 0.0698 e. The van der Waals surface area contributed by atoms with Gasteiger partial charge >= 0.3 is 0 Å². The lowest BCUT2D eigenvalue weighted by Crippen LogP contribution is -2.46. The molecule has 0 unspecified atom stereocenters. The highest BCUT2D eigenvalue weighted by Crippen LogP contribution is 2.25. The summed E-state index contributed by atoms with van der Waals surface area (Å²) in [5.41, 5.74) is 5.99. The van der Waals surface area contributed by atoms with Gasteiger partial charge in [-0.25, -0.2) is 0 Å². The molecular weight excluding hydrogens is 154 g/mol. The Bertz CT molecular complexity index is 122. The number of ether oxygens (including phenoxy) is 1. The minimum atomic E-state index is -0.104. The van der Waals surface area contributed by atoms with Crippen molar-refractivity contribution < 1.29 is 9.84 Å². The van der Waals surface area contributed by atoms with Gasteiger partial charge in [0.2, 0.25) is 0 Å². The molecule has 0 aromatic rings. The fraction of sp³-hybridized carbons (Fsp3) is 1.00. The SMILES string of the molecule is NC1(COCCO)CCCCC1. The van der Waals surface area contributed by atoms with Crippen LogP contribution in [0, 0.1) is 0 Å². The molecule has 1 saturated carbocycles. The van der Waals surface area contributed by atoms with Crippen molar-refractivity contribution in [1.29, 1.82) is 0 Å². The highest BCUT2D eigenvalue weighted by Gasteiger charge is 2.27. The van der Waals surface area contributed by atoms with E-state index in [1.807, 2.05) is 0 Å². The summed E-state index contributed by atoms with van der Waals surface area (Å²) in [5, 5.41) is 8.51. The molecule has 12 heavy (non-hydrogen) atoms. The number of rotatable bonds is 4. The maximum absolute atomic E-state index is 8.51. The van der Waals surface area contributed by atoms with Crippen LogP contribution in [0.3, 0.4) is 0 Å². The Balaban J connectivity index is 2.17. The van der Waals surface area contributed by atoms with Crippen LogP contribution >= 0.6 is 0 Å². The van der Waals surface area contributed by atoms with Gasteiger partial charge in [-0.2, -0.15) is 0 Å². The summed E-state index contributed by atoms with van der Waals surface area (Å²) in [6.07, 6.45) is 5.88. The van der Waals surface area contributed by atoms with E-state index in [9.17, 15) is 0 Å². The Hall–Kier alpha value is -0.120. The summed E-state index contributed by atoms with van der Waals surface area (Å²) in [4.78, 5) is 0. The molecule has 0 bridgehead atoms. The van der Waals surface area contributed by atoms with Crippen molar-refractivity contribution in [2.75, 3.05) is 19.8 Å². The van der Waals surface area contributed by atoms with E-state index in [1.54, 1.807) is 0 Å². The van der Waals surface area contributed by atoms with Crippen LogP contribution in [0.25, 0.3) is 0 Å². The predicted octanol–water partition coefficient (Wildman–Crippen LogP) is 0.657. The highest BCUT2D eigenvalue weighted by molar-refractivity contribution is 4.86. The monoisotopic (exact) mass is 173 g/mol. The Labute approximate surface area is 73.9 Å². The van der Waals surface area contributed by atoms with Crippen LogP contribution in [-0.2, 0) is 4.74 Å². The van der Waals surface area contributed by atoms with Gasteiger partial charge in [0.05, 0.1) is 19.8 Å². The molecule has 0 atom stereocenters. The molecule has 3 N–H and O–H groups in total. The van der Waals surface area contributed by atoms with Gasteiger partial charge in [0.1, 0.15) is 0 Å². The number of hydrogen-bond acceptors (Lipinski definition) is 3. The molecule has 3 heteroatoms. The number of aliphatic hydroxyl groups is 1. The molecule has 0 saturated heterocycles. The van der Waals surface area contributed by atoms with Crippen molar-refractivity contribution in [2.24, 2.45) is 5.73 Å². The van der Waals surface area contributed by atoms with E-state index in [0.717, 1.165) is 12.8 Å². The van der Waals surface area contributed by atoms with Crippen LogP contribution in [0.4, 0.5) is 0 Å². The summed E-state index contributed by atoms with van der Waals surface area (Å²) in [6, 6.07) is 0. The number of aliphatic hydroxyl groups excluding tert-OH is 1. The lowest BCUT2D eigenvalue weighted by Gasteiger charge is -2.32. The van der Waals surface area contributed by atoms with Gasteiger partial charge in [-0.05, 0) is 12.8 Å². The Kier molecular flexibility index (Phi) is 3.98. The van der Waals surface area contributed by atoms with Crippen molar-refractivity contribution >= 4 is 0 Å². The summed E-state index contributed by atoms with van der Waals surface area (Å²) in [6.45, 7) is 1.11. The van der Waals surface area contributed by atoms with E-state index in [4.69, 9.17) is 15.6 Å². The van der Waals surface area contributed by atoms with Crippen molar-refractivity contribution in [1.82, 2.24) is 0 Å². The molecule has 0 aromatic heterocycles. The summed E-state index contributed by atoms with van der Waals surface area (Å²) in [7, 11) is 0. The quantitative estimate of drug-likeness (QED) is 0.614. The molecule has 3 nitrogen and oxygen atoms in total. The third-order valence-corrected chi connectivity index (χ3v) is 2.47. The van der Waals surface area contributed by atoms with Gasteiger partial charge in [-0.1, -0.05) is 19.3 Å². The fourth-order valence-corrected chi connectivity index (χ4v) is 1.74. The third-order valence-electron chi connectivity index (χ3n) is 2.47. The molecule has 0 spiro atoms. The van der Waals surface area contributed by atoms with E-state index >= 15 is 0 Å². The van der Waals surface area contributed by atoms with Gasteiger partial charge in [-0.3, -0.25) is 0 Å². The molecule has 0 heterocycles. The normalized spacial score (nSPS) is 22.5. The van der Waals surface area contributed by atoms with E-state index in [-0.39, 0.29) is 12.1 Å². The molecule has 1 rings (SSSR count). The van der Waals surface area contributed by atoms with Gasteiger partial charge in [-0.15, -0.1) is 0 Å². The molecule has 0 radical (unpaired) electrons. The molecule has 72 valence electrons. The van der Waals surface area contributed by atoms with Gasteiger partial charge in [0, 0.05) is 5.54 Å². The van der Waals surface area contributed by atoms with Crippen molar-refractivity contribution in [2.45, 2.75) is 37.6 Å². The average Bonchev–Trinajstić information content (AvgIpc) is 2.06. The zero-order valence-corrected chi connectivity index (χ0v) is 7.59. The lowest BCUT2D eigenvalue weighted by atomic mass is 9.83. The van der Waals surface area contributed by atoms with Crippen LogP contribution in [0.1, 0.15) is 32.1 Å². The van der Waals surface area contributed by atoms with Gasteiger partial charge < -0.3 is 15.6 Å². The molecule has 0 aliphatic heterocycles. The minimum Gasteiger partial charge on any atom is -0.394 e. The van der Waals surface area contributed by atoms with Crippen molar-refractivity contribution in [3.05, 3.63) is 0 Å². The average molecular weight is 173 g/mol. The van der Waals surface area contributed by atoms with E-state index in [2.05, 4.69) is 0 Å². The number of nitrogens with two attached hydrogens (primary N) is 1. The smallest absolute Gasteiger partial charge is 0.0698 e. The van der Waals surface area contributed by atoms with E-state index < -0.39 is 0 Å². The first-order chi connectivity index (χ1) is 5.77. The standard InChI is InChI=1S/C9H19NO2/c10-9(8-12-7-6-11)4-2-1-3-5-9/h11H,1-8,10H2. The topological polar surface area (TPSA) is 55.5 Å². The maximum atomic E-state index is 8.51. The second-order valence-electron chi connectivity index (χ2n) is 3.70. The predicted molar refractivity (Wildman–Crippen MR) is 47.9 cm³/mol. The summed E-state index contributed by atoms with van der Waals surface area (Å²) >= 11 is 0. The highest BCUT2D eigenvalue weighted by atomic mass is 16.5. The first-order valence-electron chi connectivity index (χ1n) is 4.74. The van der Waals surface area contributed by atoms with Crippen LogP contribution in [0.2, 0.25) is 0 Å². The van der Waals surface area contributed by atoms with Crippen LogP contribution in [0.5, 0.6) is 0 Å². The number of hydrogen-bond donors (Lipinski definition) is 2. The molecule has 1 aliphatic carbocycles. The molecule has 0 aromatic carbocycles. The second-order valence-corrected chi connectivity index (χ2v) is 3.70. The minimum absolute atomic E-state index is 0.0933. The van der Waals surface area contributed by atoms with Crippen LogP contribution in [-0.4, -0.2) is 30.5 Å². The van der Waals surface area contributed by atoms with E-state index in [0.29, 0.717) is 13.2 Å². The molecule has 1 aliphatic rings. The van der Waals surface area contributed by atoms with E-state index in [1.165, 1.54) is 19.3 Å². The van der Waals surface area contributed by atoms with Crippen LogP contribution in [0.15, 0.2) is 0 Å². The fourth-order valence-electron chi connectivity index (χ4n) is 1.74. The zero-order chi connectivity index (χ0) is 8.86. The largest absolute Gasteiger partial charge is 0.394 e. The Morgan fingerprint density at radius 3 is 2.50 bits per heavy atom. The zero-order valence-electron chi connectivity index (χ0n) is 7.59. The third kappa shape index (κ3) is 3.09. The van der Waals surface area contributed by atoms with Crippen molar-refractivity contribution in [3.63, 3.8) is 0 Å². The second kappa shape index (κ2) is 4.80. The lowest BCUT2D eigenvalue weighted by molar-refractivity contribution is 0.0451. The van der Waals surface area contributed by atoms with Gasteiger partial charge in [0.15, 0.2) is 0 Å². The Morgan fingerprint density at radius 2 is 1.92 bits per heavy atom.